The fourth-order valence-corrected chi connectivity index (χ4v) is 4.08. The summed E-state index contributed by atoms with van der Waals surface area (Å²) in [5.41, 5.74) is 6.19. The van der Waals surface area contributed by atoms with Crippen LogP contribution < -0.4 is 5.32 Å². The van der Waals surface area contributed by atoms with Crippen LogP contribution in [0.4, 0.5) is 5.69 Å². The van der Waals surface area contributed by atoms with E-state index in [0.29, 0.717) is 6.54 Å². The summed E-state index contributed by atoms with van der Waals surface area (Å²) in [5.74, 6) is 0.183. The first-order valence-corrected chi connectivity index (χ1v) is 8.61. The van der Waals surface area contributed by atoms with E-state index in [1.165, 1.54) is 27.9 Å². The number of pyridine rings is 1. The molecular formula is C21H18N4. The van der Waals surface area contributed by atoms with Gasteiger partial charge in [0.25, 0.3) is 0 Å². The highest BCUT2D eigenvalue weighted by Crippen LogP contribution is 2.52. The topological polar surface area (TPSA) is 49.6 Å². The molecule has 2 aliphatic rings. The van der Waals surface area contributed by atoms with Gasteiger partial charge in [-0.3, -0.25) is 4.98 Å². The molecule has 1 N–H and O–H groups in total. The van der Waals surface area contributed by atoms with Gasteiger partial charge in [0.1, 0.15) is 6.04 Å². The van der Waals surface area contributed by atoms with E-state index in [0.717, 1.165) is 0 Å². The largest absolute Gasteiger partial charge is 0.377 e. The number of hydrogen-bond donors (Lipinski definition) is 1. The van der Waals surface area contributed by atoms with Gasteiger partial charge in [-0.15, -0.1) is 0 Å². The molecule has 3 heterocycles. The molecule has 3 aromatic rings. The smallest absolute Gasteiger partial charge is 0.107 e. The predicted molar refractivity (Wildman–Crippen MR) is 97.5 cm³/mol. The second-order valence-corrected chi connectivity index (χ2v) is 6.58. The van der Waals surface area contributed by atoms with Gasteiger partial charge in [-0.2, -0.15) is 10.2 Å². The van der Waals surface area contributed by atoms with Crippen LogP contribution in [0.5, 0.6) is 0 Å². The molecule has 4 nitrogen and oxygen atoms in total. The van der Waals surface area contributed by atoms with Gasteiger partial charge < -0.3 is 5.32 Å². The van der Waals surface area contributed by atoms with Crippen molar-refractivity contribution in [3.63, 3.8) is 0 Å². The number of rotatable bonds is 2. The van der Waals surface area contributed by atoms with Crippen molar-refractivity contribution in [2.24, 2.45) is 10.2 Å². The molecule has 122 valence electrons. The van der Waals surface area contributed by atoms with E-state index >= 15 is 0 Å². The summed E-state index contributed by atoms with van der Waals surface area (Å²) >= 11 is 0. The van der Waals surface area contributed by atoms with Gasteiger partial charge in [0, 0.05) is 29.6 Å². The van der Waals surface area contributed by atoms with Crippen molar-refractivity contribution in [3.05, 3.63) is 95.3 Å². The molecule has 3 atom stereocenters. The Bertz CT molecular complexity index is 921. The lowest BCUT2D eigenvalue weighted by molar-refractivity contribution is 0.441. The van der Waals surface area contributed by atoms with Crippen molar-refractivity contribution in [2.75, 3.05) is 5.32 Å². The SMILES string of the molecule is c1ccc(C2C3N=NCc4cccc(c43)NC2c2cccnc2)cc1. The zero-order valence-corrected chi connectivity index (χ0v) is 13.7. The number of azo groups is 1. The van der Waals surface area contributed by atoms with Crippen molar-refractivity contribution in [3.8, 4) is 0 Å². The van der Waals surface area contributed by atoms with Gasteiger partial charge in [0.05, 0.1) is 12.6 Å². The predicted octanol–water partition coefficient (Wildman–Crippen LogP) is 5.04. The van der Waals surface area contributed by atoms with Crippen LogP contribution in [0.3, 0.4) is 0 Å². The zero-order chi connectivity index (χ0) is 16.6. The van der Waals surface area contributed by atoms with Gasteiger partial charge in [0.2, 0.25) is 0 Å². The minimum absolute atomic E-state index is 0.0359. The third-order valence-corrected chi connectivity index (χ3v) is 5.18. The minimum atomic E-state index is 0.0359. The van der Waals surface area contributed by atoms with Crippen molar-refractivity contribution < 1.29 is 0 Å². The van der Waals surface area contributed by atoms with E-state index in [9.17, 15) is 0 Å². The van der Waals surface area contributed by atoms with Crippen LogP contribution in [-0.2, 0) is 6.54 Å². The van der Waals surface area contributed by atoms with E-state index in [1.54, 1.807) is 0 Å². The first-order valence-electron chi connectivity index (χ1n) is 8.61. The number of nitrogens with one attached hydrogen (secondary N) is 1. The summed E-state index contributed by atoms with van der Waals surface area (Å²) in [6.45, 7) is 0.667. The summed E-state index contributed by atoms with van der Waals surface area (Å²) in [7, 11) is 0. The van der Waals surface area contributed by atoms with Crippen LogP contribution >= 0.6 is 0 Å². The summed E-state index contributed by atoms with van der Waals surface area (Å²) in [6.07, 6.45) is 3.76. The van der Waals surface area contributed by atoms with Crippen LogP contribution in [0, 0.1) is 0 Å². The highest BCUT2D eigenvalue weighted by molar-refractivity contribution is 5.62. The van der Waals surface area contributed by atoms with Crippen molar-refractivity contribution in [1.29, 1.82) is 0 Å². The van der Waals surface area contributed by atoms with Crippen LogP contribution in [-0.4, -0.2) is 4.98 Å². The summed E-state index contributed by atoms with van der Waals surface area (Å²) < 4.78 is 0. The molecule has 0 spiro atoms. The molecule has 2 aliphatic heterocycles. The van der Waals surface area contributed by atoms with Gasteiger partial charge >= 0.3 is 0 Å². The molecule has 0 saturated carbocycles. The van der Waals surface area contributed by atoms with E-state index in [2.05, 4.69) is 70.0 Å². The molecule has 0 aliphatic carbocycles. The standard InChI is InChI=1S/C21H18N4/c1-2-6-14(7-3-1)19-20(16-9-5-11-22-12-16)24-17-10-4-8-15-13-23-25-21(19)18(15)17/h1-12,19-21,24H,13H2. The maximum absolute atomic E-state index is 4.70. The van der Waals surface area contributed by atoms with Crippen LogP contribution in [0.25, 0.3) is 0 Å². The monoisotopic (exact) mass is 326 g/mol. The van der Waals surface area contributed by atoms with Gasteiger partial charge in [-0.25, -0.2) is 0 Å². The second-order valence-electron chi connectivity index (χ2n) is 6.58. The van der Waals surface area contributed by atoms with Crippen LogP contribution in [0.15, 0.2) is 83.3 Å². The lowest BCUT2D eigenvalue weighted by Gasteiger charge is -2.41. The highest BCUT2D eigenvalue weighted by atomic mass is 15.2. The van der Waals surface area contributed by atoms with Crippen molar-refractivity contribution >= 4 is 5.69 Å². The molecule has 5 rings (SSSR count). The van der Waals surface area contributed by atoms with E-state index in [1.807, 2.05) is 18.5 Å². The maximum Gasteiger partial charge on any atom is 0.107 e. The van der Waals surface area contributed by atoms with Crippen LogP contribution in [0.1, 0.15) is 40.3 Å². The summed E-state index contributed by atoms with van der Waals surface area (Å²) in [6, 6.07) is 21.3. The minimum Gasteiger partial charge on any atom is -0.377 e. The number of anilines is 1. The Morgan fingerprint density at radius 1 is 0.880 bits per heavy atom. The Morgan fingerprint density at radius 2 is 1.76 bits per heavy atom. The maximum atomic E-state index is 4.70. The lowest BCUT2D eigenvalue weighted by Crippen LogP contribution is -2.31. The number of benzene rings is 2. The molecule has 2 aromatic carbocycles. The fraction of sp³-hybridized carbons (Fsp3) is 0.190. The third-order valence-electron chi connectivity index (χ3n) is 5.18. The Morgan fingerprint density at radius 3 is 2.60 bits per heavy atom. The Labute approximate surface area is 146 Å². The van der Waals surface area contributed by atoms with E-state index in [4.69, 9.17) is 5.11 Å². The fourth-order valence-electron chi connectivity index (χ4n) is 4.08. The van der Waals surface area contributed by atoms with Gasteiger partial charge in [-0.1, -0.05) is 48.5 Å². The second kappa shape index (κ2) is 5.81. The normalized spacial score (nSPS) is 23.6. The Kier molecular flexibility index (Phi) is 3.33. The molecule has 1 aromatic heterocycles. The molecular weight excluding hydrogens is 308 g/mol. The average Bonchev–Trinajstić information content (AvgIpc) is 2.69. The molecule has 0 amide bonds. The number of aromatic nitrogens is 1. The van der Waals surface area contributed by atoms with Crippen molar-refractivity contribution in [2.45, 2.75) is 24.5 Å². The van der Waals surface area contributed by atoms with Crippen molar-refractivity contribution in [1.82, 2.24) is 4.98 Å². The van der Waals surface area contributed by atoms with Crippen LogP contribution in [0.2, 0.25) is 0 Å². The zero-order valence-electron chi connectivity index (χ0n) is 13.7. The molecule has 4 heteroatoms. The number of hydrogen-bond acceptors (Lipinski definition) is 4. The first-order chi connectivity index (χ1) is 12.4. The Balaban J connectivity index is 1.72. The molecule has 0 bridgehead atoms. The molecule has 3 unspecified atom stereocenters. The van der Waals surface area contributed by atoms with Gasteiger partial charge in [0.15, 0.2) is 0 Å². The molecule has 0 fully saturated rings. The summed E-state index contributed by atoms with van der Waals surface area (Å²) in [4.78, 5) is 4.33. The lowest BCUT2D eigenvalue weighted by atomic mass is 9.75. The summed E-state index contributed by atoms with van der Waals surface area (Å²) in [5, 5.41) is 12.9. The van der Waals surface area contributed by atoms with E-state index in [-0.39, 0.29) is 18.0 Å². The quantitative estimate of drug-likeness (QED) is 0.717. The first kappa shape index (κ1) is 14.3. The molecule has 0 radical (unpaired) electrons. The molecule has 25 heavy (non-hydrogen) atoms. The van der Waals surface area contributed by atoms with E-state index < -0.39 is 0 Å². The Hall–Kier alpha value is -3.01. The highest BCUT2D eigenvalue weighted by Gasteiger charge is 2.41. The number of nitrogens with zero attached hydrogens (tertiary/aromatic N) is 3. The molecule has 0 saturated heterocycles. The average molecular weight is 326 g/mol. The van der Waals surface area contributed by atoms with Gasteiger partial charge in [-0.05, 0) is 28.8 Å². The third kappa shape index (κ3) is 2.33.